The number of ether oxygens (including phenoxy) is 1. The number of carbonyl (C=O) groups is 1. The van der Waals surface area contributed by atoms with Crippen LogP contribution in [0.15, 0.2) is 96.1 Å². The summed E-state index contributed by atoms with van der Waals surface area (Å²) in [6.07, 6.45) is 4.11. The van der Waals surface area contributed by atoms with Crippen LogP contribution in [0, 0.1) is 0 Å². The zero-order valence-corrected chi connectivity index (χ0v) is 21.0. The normalized spacial score (nSPS) is 15.7. The number of aromatic nitrogens is 4. The Labute approximate surface area is 219 Å². The van der Waals surface area contributed by atoms with Gasteiger partial charge in [0, 0.05) is 32.0 Å². The largest absolute Gasteiger partial charge is 0.465 e. The Morgan fingerprint density at radius 2 is 1.74 bits per heavy atom. The molecule has 5 aromatic rings. The molecule has 1 saturated heterocycles. The molecule has 0 radical (unpaired) electrons. The molecule has 0 N–H and O–H groups in total. The van der Waals surface area contributed by atoms with Gasteiger partial charge in [0.1, 0.15) is 0 Å². The lowest BCUT2D eigenvalue weighted by Gasteiger charge is -2.16. The number of nitrogens with zero attached hydrogens (tertiary/aromatic N) is 5. The van der Waals surface area contributed by atoms with E-state index in [0.29, 0.717) is 24.3 Å². The van der Waals surface area contributed by atoms with Gasteiger partial charge in [0.2, 0.25) is 0 Å². The van der Waals surface area contributed by atoms with E-state index in [2.05, 4.69) is 27.0 Å². The van der Waals surface area contributed by atoms with E-state index >= 15 is 0 Å². The number of likely N-dealkylation sites (tertiary alicyclic amines) is 1. The third-order valence-corrected chi connectivity index (χ3v) is 7.11. The van der Waals surface area contributed by atoms with Crippen LogP contribution in [-0.4, -0.2) is 50.2 Å². The number of hydrogen-bond acceptors (Lipinski definition) is 6. The zero-order valence-electron chi connectivity index (χ0n) is 21.0. The second-order valence-electron chi connectivity index (χ2n) is 9.45. The number of pyridine rings is 2. The molecule has 1 fully saturated rings. The minimum atomic E-state index is -0.400. The first-order chi connectivity index (χ1) is 18.6. The number of rotatable bonds is 6. The molecule has 0 amide bonds. The Bertz CT molecular complexity index is 1640. The highest BCUT2D eigenvalue weighted by Crippen LogP contribution is 2.27. The molecule has 3 aromatic heterocycles. The van der Waals surface area contributed by atoms with Crippen molar-refractivity contribution in [3.8, 4) is 16.8 Å². The van der Waals surface area contributed by atoms with E-state index in [1.165, 1.54) is 7.11 Å². The molecule has 1 aliphatic heterocycles. The van der Waals surface area contributed by atoms with Gasteiger partial charge >= 0.3 is 11.7 Å². The van der Waals surface area contributed by atoms with Gasteiger partial charge in [-0.1, -0.05) is 42.5 Å². The Morgan fingerprint density at radius 1 is 0.947 bits per heavy atom. The highest BCUT2D eigenvalue weighted by Gasteiger charge is 2.29. The summed E-state index contributed by atoms with van der Waals surface area (Å²) in [7, 11) is 1.36. The Kier molecular flexibility index (Phi) is 6.31. The summed E-state index contributed by atoms with van der Waals surface area (Å²) in [4.78, 5) is 36.8. The fraction of sp³-hybridized carbons (Fsp3) is 0.200. The van der Waals surface area contributed by atoms with E-state index in [4.69, 9.17) is 4.74 Å². The van der Waals surface area contributed by atoms with Crippen molar-refractivity contribution in [2.75, 3.05) is 20.2 Å². The van der Waals surface area contributed by atoms with Crippen molar-refractivity contribution >= 4 is 17.1 Å². The van der Waals surface area contributed by atoms with Crippen LogP contribution < -0.4 is 5.69 Å². The maximum atomic E-state index is 13.8. The Morgan fingerprint density at radius 3 is 2.47 bits per heavy atom. The molecule has 8 heteroatoms. The summed E-state index contributed by atoms with van der Waals surface area (Å²) in [5.41, 5.74) is 5.75. The fourth-order valence-corrected chi connectivity index (χ4v) is 5.21. The van der Waals surface area contributed by atoms with Crippen molar-refractivity contribution in [3.05, 3.63) is 113 Å². The molecule has 4 heterocycles. The molecular weight excluding hydrogens is 478 g/mol. The van der Waals surface area contributed by atoms with Crippen molar-refractivity contribution in [1.29, 1.82) is 0 Å². The minimum absolute atomic E-state index is 0.000848. The van der Waals surface area contributed by atoms with Crippen molar-refractivity contribution in [1.82, 2.24) is 24.0 Å². The van der Waals surface area contributed by atoms with E-state index < -0.39 is 5.97 Å². The maximum Gasteiger partial charge on any atom is 0.339 e. The molecule has 0 aliphatic carbocycles. The molecule has 190 valence electrons. The molecule has 8 nitrogen and oxygen atoms in total. The SMILES string of the molecule is COC(=O)c1ccc(CN2CC[C@H](n3c(=O)n(-c4ccc(-c5ccccc5)cc4)c4cccnc43)C2)nc1. The molecular formula is C30H27N5O3. The third-order valence-electron chi connectivity index (χ3n) is 7.11. The van der Waals surface area contributed by atoms with Crippen molar-refractivity contribution in [2.24, 2.45) is 0 Å². The Hall–Kier alpha value is -4.56. The molecule has 0 bridgehead atoms. The van der Waals surface area contributed by atoms with Crippen LogP contribution in [0.1, 0.15) is 28.5 Å². The summed E-state index contributed by atoms with van der Waals surface area (Å²) in [5.74, 6) is -0.400. The fourth-order valence-electron chi connectivity index (χ4n) is 5.21. The minimum Gasteiger partial charge on any atom is -0.465 e. The highest BCUT2D eigenvalue weighted by atomic mass is 16.5. The van der Waals surface area contributed by atoms with Crippen LogP contribution >= 0.6 is 0 Å². The van der Waals surface area contributed by atoms with E-state index in [-0.39, 0.29) is 11.7 Å². The van der Waals surface area contributed by atoms with Gasteiger partial charge < -0.3 is 4.74 Å². The summed E-state index contributed by atoms with van der Waals surface area (Å²) in [6, 6.07) is 25.7. The van der Waals surface area contributed by atoms with Crippen LogP contribution in [0.3, 0.4) is 0 Å². The second-order valence-corrected chi connectivity index (χ2v) is 9.45. The molecule has 0 unspecified atom stereocenters. The van der Waals surface area contributed by atoms with Gasteiger partial charge in [-0.3, -0.25) is 19.0 Å². The molecule has 1 atom stereocenters. The van der Waals surface area contributed by atoms with Crippen LogP contribution in [0.25, 0.3) is 28.0 Å². The van der Waals surface area contributed by atoms with Crippen molar-refractivity contribution in [3.63, 3.8) is 0 Å². The lowest BCUT2D eigenvalue weighted by Crippen LogP contribution is -2.29. The molecule has 6 rings (SSSR count). The quantitative estimate of drug-likeness (QED) is 0.317. The number of methoxy groups -OCH3 is 1. The zero-order chi connectivity index (χ0) is 26.1. The molecule has 0 saturated carbocycles. The van der Waals surface area contributed by atoms with E-state index in [1.807, 2.05) is 65.2 Å². The average Bonchev–Trinajstić information content (AvgIpc) is 3.54. The van der Waals surface area contributed by atoms with E-state index in [1.54, 1.807) is 23.0 Å². The van der Waals surface area contributed by atoms with Gasteiger partial charge in [-0.15, -0.1) is 0 Å². The van der Waals surface area contributed by atoms with Crippen molar-refractivity contribution in [2.45, 2.75) is 19.0 Å². The monoisotopic (exact) mass is 505 g/mol. The smallest absolute Gasteiger partial charge is 0.339 e. The van der Waals surface area contributed by atoms with Gasteiger partial charge in [-0.2, -0.15) is 0 Å². The number of hydrogen-bond donors (Lipinski definition) is 0. The number of fused-ring (bicyclic) bond motifs is 1. The van der Waals surface area contributed by atoms with E-state index in [9.17, 15) is 9.59 Å². The van der Waals surface area contributed by atoms with Crippen LogP contribution in [-0.2, 0) is 11.3 Å². The lowest BCUT2D eigenvalue weighted by molar-refractivity contribution is 0.0600. The number of esters is 1. The molecule has 0 spiro atoms. The molecule has 1 aliphatic rings. The summed E-state index contributed by atoms with van der Waals surface area (Å²) >= 11 is 0. The summed E-state index contributed by atoms with van der Waals surface area (Å²) in [6.45, 7) is 2.19. The standard InChI is InChI=1S/C30H27N5O3/c1-38-29(36)23-9-12-24(32-18-23)19-33-17-15-26(20-33)35-28-27(8-5-16-31-28)34(30(35)37)25-13-10-22(11-14-25)21-6-3-2-4-7-21/h2-14,16,18,26H,15,17,19-20H2,1H3/t26-/m0/s1. The first kappa shape index (κ1) is 23.8. The van der Waals surface area contributed by atoms with Crippen LogP contribution in [0.2, 0.25) is 0 Å². The summed E-state index contributed by atoms with van der Waals surface area (Å²) < 4.78 is 8.35. The maximum absolute atomic E-state index is 13.8. The molecule has 38 heavy (non-hydrogen) atoms. The van der Waals surface area contributed by atoms with Crippen LogP contribution in [0.5, 0.6) is 0 Å². The summed E-state index contributed by atoms with van der Waals surface area (Å²) in [5, 5.41) is 0. The lowest BCUT2D eigenvalue weighted by atomic mass is 10.1. The van der Waals surface area contributed by atoms with Gasteiger partial charge in [0.25, 0.3) is 0 Å². The molecule has 2 aromatic carbocycles. The first-order valence-electron chi connectivity index (χ1n) is 12.6. The highest BCUT2D eigenvalue weighted by molar-refractivity contribution is 5.88. The average molecular weight is 506 g/mol. The van der Waals surface area contributed by atoms with E-state index in [0.717, 1.165) is 41.0 Å². The topological polar surface area (TPSA) is 82.2 Å². The second kappa shape index (κ2) is 10.1. The van der Waals surface area contributed by atoms with Gasteiger partial charge in [-0.05, 0) is 53.9 Å². The number of imidazole rings is 1. The predicted octanol–water partition coefficient (Wildman–Crippen LogP) is 4.48. The van der Waals surface area contributed by atoms with Crippen LogP contribution in [0.4, 0.5) is 0 Å². The van der Waals surface area contributed by atoms with Gasteiger partial charge in [-0.25, -0.2) is 14.6 Å². The number of benzene rings is 2. The predicted molar refractivity (Wildman–Crippen MR) is 145 cm³/mol. The van der Waals surface area contributed by atoms with Gasteiger partial charge in [0.05, 0.1) is 35.6 Å². The Balaban J connectivity index is 1.27. The third kappa shape index (κ3) is 4.39. The van der Waals surface area contributed by atoms with Crippen molar-refractivity contribution < 1.29 is 9.53 Å². The first-order valence-corrected chi connectivity index (χ1v) is 12.6. The van der Waals surface area contributed by atoms with Gasteiger partial charge in [0.15, 0.2) is 5.65 Å². The number of carbonyl (C=O) groups excluding carboxylic acids is 1.